The minimum absolute atomic E-state index is 0.719. The summed E-state index contributed by atoms with van der Waals surface area (Å²) >= 11 is 0. The molecule has 0 aliphatic carbocycles. The topological polar surface area (TPSA) is 59.2 Å². The van der Waals surface area contributed by atoms with E-state index in [9.17, 15) is 0 Å². The van der Waals surface area contributed by atoms with Gasteiger partial charge in [0.2, 0.25) is 0 Å². The lowest BCUT2D eigenvalue weighted by Crippen LogP contribution is -2.08. The van der Waals surface area contributed by atoms with E-state index in [4.69, 9.17) is 9.47 Å². The number of aryl methyl sites for hydroxylation is 1. The second-order valence-electron chi connectivity index (χ2n) is 4.52. The van der Waals surface area contributed by atoms with Gasteiger partial charge in [0.05, 0.1) is 26.1 Å². The van der Waals surface area contributed by atoms with Crippen molar-refractivity contribution in [3.63, 3.8) is 0 Å². The van der Waals surface area contributed by atoms with Gasteiger partial charge in [0.15, 0.2) is 11.5 Å². The molecule has 5 nitrogen and oxygen atoms in total. The Morgan fingerprint density at radius 1 is 1.20 bits per heavy atom. The Morgan fingerprint density at radius 3 is 2.70 bits per heavy atom. The third-order valence-electron chi connectivity index (χ3n) is 3.16. The monoisotopic (exact) mass is 275 g/mol. The number of hydrogen-bond donors (Lipinski definition) is 2. The van der Waals surface area contributed by atoms with Gasteiger partial charge in [0.25, 0.3) is 0 Å². The highest BCUT2D eigenvalue weighted by Gasteiger charge is 2.08. The van der Waals surface area contributed by atoms with E-state index in [1.165, 1.54) is 0 Å². The molecule has 5 heteroatoms. The van der Waals surface area contributed by atoms with Crippen LogP contribution in [0.5, 0.6) is 11.5 Å². The van der Waals surface area contributed by atoms with Crippen molar-refractivity contribution in [1.29, 1.82) is 0 Å². The first-order chi connectivity index (χ1) is 9.78. The van der Waals surface area contributed by atoms with E-state index in [1.54, 1.807) is 14.2 Å². The predicted molar refractivity (Wildman–Crippen MR) is 79.4 cm³/mol. The minimum atomic E-state index is 0.719. The van der Waals surface area contributed by atoms with Gasteiger partial charge < -0.3 is 19.8 Å². The van der Waals surface area contributed by atoms with Gasteiger partial charge in [-0.05, 0) is 38.2 Å². The lowest BCUT2D eigenvalue weighted by molar-refractivity contribution is 0.355. The molecule has 1 aromatic heterocycles. The van der Waals surface area contributed by atoms with Crippen molar-refractivity contribution >= 4 is 0 Å². The van der Waals surface area contributed by atoms with Gasteiger partial charge in [0.1, 0.15) is 5.82 Å². The molecule has 1 heterocycles. The third-order valence-corrected chi connectivity index (χ3v) is 3.16. The van der Waals surface area contributed by atoms with Crippen molar-refractivity contribution in [3.05, 3.63) is 30.2 Å². The summed E-state index contributed by atoms with van der Waals surface area (Å²) in [5.74, 6) is 2.45. The average molecular weight is 275 g/mol. The zero-order valence-corrected chi connectivity index (χ0v) is 12.2. The largest absolute Gasteiger partial charge is 0.493 e. The van der Waals surface area contributed by atoms with Gasteiger partial charge in [0, 0.05) is 12.0 Å². The highest BCUT2D eigenvalue weighted by molar-refractivity contribution is 5.63. The Bertz CT molecular complexity index is 552. The van der Waals surface area contributed by atoms with Crippen LogP contribution in [0.15, 0.2) is 24.4 Å². The van der Waals surface area contributed by atoms with Crippen molar-refractivity contribution in [2.75, 3.05) is 27.8 Å². The summed E-state index contributed by atoms with van der Waals surface area (Å²) in [4.78, 5) is 7.75. The average Bonchev–Trinajstić information content (AvgIpc) is 2.95. The first-order valence-electron chi connectivity index (χ1n) is 6.69. The summed E-state index contributed by atoms with van der Waals surface area (Å²) in [5.41, 5.74) is 2.03. The van der Waals surface area contributed by atoms with Crippen LogP contribution in [0, 0.1) is 0 Å². The molecule has 20 heavy (non-hydrogen) atoms. The van der Waals surface area contributed by atoms with Gasteiger partial charge in [-0.25, -0.2) is 4.98 Å². The van der Waals surface area contributed by atoms with Crippen LogP contribution in [0.3, 0.4) is 0 Å². The van der Waals surface area contributed by atoms with Crippen LogP contribution in [0.4, 0.5) is 0 Å². The smallest absolute Gasteiger partial charge is 0.161 e. The third kappa shape index (κ3) is 3.30. The maximum Gasteiger partial charge on any atom is 0.161 e. The molecule has 2 N–H and O–H groups in total. The number of nitrogens with one attached hydrogen (secondary N) is 2. The van der Waals surface area contributed by atoms with Crippen LogP contribution in [0.1, 0.15) is 12.2 Å². The molecule has 2 rings (SSSR count). The van der Waals surface area contributed by atoms with Crippen molar-refractivity contribution in [2.45, 2.75) is 12.8 Å². The Hall–Kier alpha value is -2.01. The van der Waals surface area contributed by atoms with Crippen LogP contribution in [0.25, 0.3) is 11.3 Å². The first-order valence-corrected chi connectivity index (χ1v) is 6.69. The lowest BCUT2D eigenvalue weighted by atomic mass is 10.1. The maximum atomic E-state index is 5.32. The second kappa shape index (κ2) is 6.96. The van der Waals surface area contributed by atoms with Crippen LogP contribution >= 0.6 is 0 Å². The number of hydrogen-bond acceptors (Lipinski definition) is 4. The molecule has 0 spiro atoms. The molecule has 0 fully saturated rings. The number of methoxy groups -OCH3 is 2. The van der Waals surface area contributed by atoms with Gasteiger partial charge in [-0.3, -0.25) is 0 Å². The summed E-state index contributed by atoms with van der Waals surface area (Å²) in [6.45, 7) is 0.992. The summed E-state index contributed by atoms with van der Waals surface area (Å²) in [6.07, 6.45) is 3.86. The number of ether oxygens (including phenoxy) is 2. The van der Waals surface area contributed by atoms with Crippen LogP contribution < -0.4 is 14.8 Å². The Kier molecular flexibility index (Phi) is 5.01. The van der Waals surface area contributed by atoms with Gasteiger partial charge >= 0.3 is 0 Å². The van der Waals surface area contributed by atoms with Crippen LogP contribution in [0.2, 0.25) is 0 Å². The number of nitrogens with zero attached hydrogens (tertiary/aromatic N) is 1. The highest BCUT2D eigenvalue weighted by Crippen LogP contribution is 2.31. The number of aromatic amines is 1. The van der Waals surface area contributed by atoms with Crippen molar-refractivity contribution < 1.29 is 9.47 Å². The van der Waals surface area contributed by atoms with Gasteiger partial charge in [-0.2, -0.15) is 0 Å². The minimum Gasteiger partial charge on any atom is -0.493 e. The predicted octanol–water partition coefficient (Wildman–Crippen LogP) is 2.25. The van der Waals surface area contributed by atoms with Crippen LogP contribution in [-0.4, -0.2) is 37.8 Å². The van der Waals surface area contributed by atoms with E-state index >= 15 is 0 Å². The Morgan fingerprint density at radius 2 is 2.00 bits per heavy atom. The normalized spacial score (nSPS) is 10.6. The quantitative estimate of drug-likeness (QED) is 0.761. The van der Waals surface area contributed by atoms with E-state index in [1.807, 2.05) is 31.4 Å². The number of rotatable bonds is 7. The van der Waals surface area contributed by atoms with Crippen molar-refractivity contribution in [1.82, 2.24) is 15.3 Å². The molecule has 1 aromatic carbocycles. The SMILES string of the molecule is CNCCCc1ncc(-c2ccc(OC)c(OC)c2)[nH]1. The number of benzene rings is 1. The first kappa shape index (κ1) is 14.4. The zero-order valence-electron chi connectivity index (χ0n) is 12.2. The fourth-order valence-corrected chi connectivity index (χ4v) is 2.07. The zero-order chi connectivity index (χ0) is 14.4. The fourth-order valence-electron chi connectivity index (χ4n) is 2.07. The van der Waals surface area contributed by atoms with Crippen molar-refractivity contribution in [3.8, 4) is 22.8 Å². The molecule has 0 saturated heterocycles. The summed E-state index contributed by atoms with van der Waals surface area (Å²) < 4.78 is 10.6. The molecule has 0 atom stereocenters. The molecular formula is C15H21N3O2. The molecule has 2 aromatic rings. The number of imidazole rings is 1. The van der Waals surface area contributed by atoms with Gasteiger partial charge in [-0.1, -0.05) is 0 Å². The molecule has 108 valence electrons. The maximum absolute atomic E-state index is 5.32. The van der Waals surface area contributed by atoms with E-state index in [0.717, 1.165) is 48.0 Å². The fraction of sp³-hybridized carbons (Fsp3) is 0.400. The van der Waals surface area contributed by atoms with Gasteiger partial charge in [-0.15, -0.1) is 0 Å². The molecule has 0 aliphatic heterocycles. The van der Waals surface area contributed by atoms with E-state index in [0.29, 0.717) is 0 Å². The molecular weight excluding hydrogens is 254 g/mol. The number of H-pyrrole nitrogens is 1. The molecule has 0 aliphatic rings. The van der Waals surface area contributed by atoms with Crippen molar-refractivity contribution in [2.24, 2.45) is 0 Å². The molecule has 0 radical (unpaired) electrons. The summed E-state index contributed by atoms with van der Waals surface area (Å²) in [6, 6.07) is 5.84. The summed E-state index contributed by atoms with van der Waals surface area (Å²) in [5, 5.41) is 3.13. The van der Waals surface area contributed by atoms with E-state index in [2.05, 4.69) is 15.3 Å². The second-order valence-corrected chi connectivity index (χ2v) is 4.52. The molecule has 0 unspecified atom stereocenters. The molecule has 0 saturated carbocycles. The standard InChI is InChI=1S/C15H21N3O2/c1-16-8-4-5-15-17-10-12(18-15)11-6-7-13(19-2)14(9-11)20-3/h6-7,9-10,16H,4-5,8H2,1-3H3,(H,17,18). The lowest BCUT2D eigenvalue weighted by Gasteiger charge is -2.08. The number of aromatic nitrogens is 2. The molecule has 0 amide bonds. The highest BCUT2D eigenvalue weighted by atomic mass is 16.5. The molecule has 0 bridgehead atoms. The summed E-state index contributed by atoms with van der Waals surface area (Å²) in [7, 11) is 5.22. The van der Waals surface area contributed by atoms with E-state index in [-0.39, 0.29) is 0 Å². The Labute approximate surface area is 119 Å². The van der Waals surface area contributed by atoms with Crippen LogP contribution in [-0.2, 0) is 6.42 Å². The Balaban J connectivity index is 2.15. The van der Waals surface area contributed by atoms with E-state index < -0.39 is 0 Å².